The minimum Gasteiger partial charge on any atom is -0.376 e. The molecule has 94 valence electrons. The van der Waals surface area contributed by atoms with E-state index in [9.17, 15) is 4.39 Å². The van der Waals surface area contributed by atoms with Crippen LogP contribution in [0.1, 0.15) is 24.1 Å². The van der Waals surface area contributed by atoms with Crippen LogP contribution in [0.4, 0.5) is 10.1 Å². The fourth-order valence-corrected chi connectivity index (χ4v) is 2.19. The second kappa shape index (κ2) is 5.40. The van der Waals surface area contributed by atoms with E-state index in [1.807, 2.05) is 38.1 Å². The van der Waals surface area contributed by atoms with E-state index in [1.54, 1.807) is 12.1 Å². The molecular weight excluding hydrogens is 249 g/mol. The molecule has 0 aliphatic heterocycles. The number of anilines is 1. The first kappa shape index (κ1) is 12.9. The van der Waals surface area contributed by atoms with Gasteiger partial charge in [0.25, 0.3) is 0 Å². The second-order valence-electron chi connectivity index (χ2n) is 4.37. The number of nitrogens with one attached hydrogen (secondary N) is 1. The molecule has 0 amide bonds. The van der Waals surface area contributed by atoms with Crippen molar-refractivity contribution < 1.29 is 4.39 Å². The SMILES string of the molecule is Cc1ccc(F)c(NC(C)c2ccccc2Cl)c1. The van der Waals surface area contributed by atoms with Gasteiger partial charge in [0, 0.05) is 5.02 Å². The molecular formula is C15H15ClFN. The van der Waals surface area contributed by atoms with Crippen LogP contribution in [0.5, 0.6) is 0 Å². The van der Waals surface area contributed by atoms with Crippen LogP contribution in [0.2, 0.25) is 5.02 Å². The molecule has 1 N–H and O–H groups in total. The van der Waals surface area contributed by atoms with E-state index in [-0.39, 0.29) is 11.9 Å². The molecule has 1 nitrogen and oxygen atoms in total. The predicted octanol–water partition coefficient (Wildman–Crippen LogP) is 4.96. The summed E-state index contributed by atoms with van der Waals surface area (Å²) in [4.78, 5) is 0. The van der Waals surface area contributed by atoms with Crippen LogP contribution in [0, 0.1) is 12.7 Å². The van der Waals surface area contributed by atoms with Gasteiger partial charge in [-0.3, -0.25) is 0 Å². The molecule has 0 aromatic heterocycles. The maximum absolute atomic E-state index is 13.7. The molecule has 0 saturated heterocycles. The fourth-order valence-electron chi connectivity index (χ4n) is 1.89. The summed E-state index contributed by atoms with van der Waals surface area (Å²) >= 11 is 6.12. The average molecular weight is 264 g/mol. The van der Waals surface area contributed by atoms with Gasteiger partial charge in [0.2, 0.25) is 0 Å². The molecule has 0 aliphatic rings. The van der Waals surface area contributed by atoms with Crippen LogP contribution >= 0.6 is 11.6 Å². The van der Waals surface area contributed by atoms with Gasteiger partial charge in [-0.15, -0.1) is 0 Å². The third-order valence-electron chi connectivity index (χ3n) is 2.87. The van der Waals surface area contributed by atoms with E-state index in [0.29, 0.717) is 10.7 Å². The van der Waals surface area contributed by atoms with Gasteiger partial charge in [0.05, 0.1) is 11.7 Å². The first-order valence-electron chi connectivity index (χ1n) is 5.85. The van der Waals surface area contributed by atoms with Gasteiger partial charge in [0.1, 0.15) is 5.82 Å². The Labute approximate surface area is 112 Å². The van der Waals surface area contributed by atoms with E-state index in [2.05, 4.69) is 5.32 Å². The van der Waals surface area contributed by atoms with Crippen molar-refractivity contribution in [2.24, 2.45) is 0 Å². The van der Waals surface area contributed by atoms with Crippen molar-refractivity contribution >= 4 is 17.3 Å². The molecule has 2 aromatic carbocycles. The molecule has 1 unspecified atom stereocenters. The van der Waals surface area contributed by atoms with Crippen molar-refractivity contribution in [3.05, 3.63) is 64.4 Å². The van der Waals surface area contributed by atoms with E-state index >= 15 is 0 Å². The van der Waals surface area contributed by atoms with Gasteiger partial charge >= 0.3 is 0 Å². The third-order valence-corrected chi connectivity index (χ3v) is 3.21. The summed E-state index contributed by atoms with van der Waals surface area (Å²) in [6, 6.07) is 12.5. The highest BCUT2D eigenvalue weighted by molar-refractivity contribution is 6.31. The van der Waals surface area contributed by atoms with E-state index < -0.39 is 0 Å². The van der Waals surface area contributed by atoms with Crippen molar-refractivity contribution in [1.82, 2.24) is 0 Å². The Kier molecular flexibility index (Phi) is 3.87. The smallest absolute Gasteiger partial charge is 0.146 e. The first-order valence-corrected chi connectivity index (χ1v) is 6.23. The fraction of sp³-hybridized carbons (Fsp3) is 0.200. The summed E-state index contributed by atoms with van der Waals surface area (Å²) in [7, 11) is 0. The molecule has 2 aromatic rings. The van der Waals surface area contributed by atoms with E-state index in [0.717, 1.165) is 11.1 Å². The maximum Gasteiger partial charge on any atom is 0.146 e. The summed E-state index contributed by atoms with van der Waals surface area (Å²) in [5.41, 5.74) is 2.48. The summed E-state index contributed by atoms with van der Waals surface area (Å²) in [5, 5.41) is 3.83. The molecule has 0 aliphatic carbocycles. The maximum atomic E-state index is 13.7. The number of hydrogen-bond acceptors (Lipinski definition) is 1. The lowest BCUT2D eigenvalue weighted by atomic mass is 10.1. The summed E-state index contributed by atoms with van der Waals surface area (Å²) in [5.74, 6) is -0.250. The molecule has 18 heavy (non-hydrogen) atoms. The molecule has 1 atom stereocenters. The van der Waals surface area contributed by atoms with Crippen LogP contribution in [0.15, 0.2) is 42.5 Å². The summed E-state index contributed by atoms with van der Waals surface area (Å²) < 4.78 is 13.7. The van der Waals surface area contributed by atoms with Crippen LogP contribution in [-0.4, -0.2) is 0 Å². The lowest BCUT2D eigenvalue weighted by molar-refractivity contribution is 0.627. The van der Waals surface area contributed by atoms with Crippen LogP contribution in [0.3, 0.4) is 0 Å². The molecule has 0 fully saturated rings. The van der Waals surface area contributed by atoms with Crippen molar-refractivity contribution in [3.63, 3.8) is 0 Å². The standard InChI is InChI=1S/C15H15ClFN/c1-10-7-8-14(17)15(9-10)18-11(2)12-5-3-4-6-13(12)16/h3-9,11,18H,1-2H3. The molecule has 0 saturated carbocycles. The Balaban J connectivity index is 2.24. The number of halogens is 2. The average Bonchev–Trinajstić information content (AvgIpc) is 2.34. The van der Waals surface area contributed by atoms with Crippen LogP contribution in [-0.2, 0) is 0 Å². The Morgan fingerprint density at radius 3 is 2.61 bits per heavy atom. The van der Waals surface area contributed by atoms with Gasteiger partial charge in [0.15, 0.2) is 0 Å². The Hall–Kier alpha value is -1.54. The van der Waals surface area contributed by atoms with Crippen molar-refractivity contribution in [1.29, 1.82) is 0 Å². The van der Waals surface area contributed by atoms with Crippen molar-refractivity contribution in [3.8, 4) is 0 Å². The molecule has 0 bridgehead atoms. The minimum absolute atomic E-state index is 0.0463. The second-order valence-corrected chi connectivity index (χ2v) is 4.78. The number of benzene rings is 2. The summed E-state index contributed by atoms with van der Waals surface area (Å²) in [6.45, 7) is 3.90. The zero-order valence-corrected chi connectivity index (χ0v) is 11.1. The van der Waals surface area contributed by atoms with Gasteiger partial charge in [-0.1, -0.05) is 35.9 Å². The van der Waals surface area contributed by atoms with Gasteiger partial charge in [-0.05, 0) is 43.2 Å². The Bertz CT molecular complexity index is 554. The highest BCUT2D eigenvalue weighted by atomic mass is 35.5. The predicted molar refractivity (Wildman–Crippen MR) is 74.6 cm³/mol. The number of rotatable bonds is 3. The van der Waals surface area contributed by atoms with E-state index in [4.69, 9.17) is 11.6 Å². The van der Waals surface area contributed by atoms with Crippen LogP contribution < -0.4 is 5.32 Å². The molecule has 0 spiro atoms. The van der Waals surface area contributed by atoms with Gasteiger partial charge < -0.3 is 5.32 Å². The lowest BCUT2D eigenvalue weighted by Gasteiger charge is -2.17. The third kappa shape index (κ3) is 2.82. The molecule has 0 radical (unpaired) electrons. The Morgan fingerprint density at radius 2 is 1.89 bits per heavy atom. The number of hydrogen-bond donors (Lipinski definition) is 1. The molecule has 2 rings (SSSR count). The van der Waals surface area contributed by atoms with Crippen molar-refractivity contribution in [2.75, 3.05) is 5.32 Å². The quantitative estimate of drug-likeness (QED) is 0.825. The summed E-state index contributed by atoms with van der Waals surface area (Å²) in [6.07, 6.45) is 0. The first-order chi connectivity index (χ1) is 8.58. The van der Waals surface area contributed by atoms with Gasteiger partial charge in [-0.25, -0.2) is 4.39 Å². The molecule has 0 heterocycles. The Morgan fingerprint density at radius 1 is 1.17 bits per heavy atom. The zero-order chi connectivity index (χ0) is 13.1. The van der Waals surface area contributed by atoms with E-state index in [1.165, 1.54) is 6.07 Å². The van der Waals surface area contributed by atoms with Crippen molar-refractivity contribution in [2.45, 2.75) is 19.9 Å². The minimum atomic E-state index is -0.250. The highest BCUT2D eigenvalue weighted by Crippen LogP contribution is 2.27. The molecule has 3 heteroatoms. The monoisotopic (exact) mass is 263 g/mol. The largest absolute Gasteiger partial charge is 0.376 e. The normalized spacial score (nSPS) is 12.2. The van der Waals surface area contributed by atoms with Crippen LogP contribution in [0.25, 0.3) is 0 Å². The topological polar surface area (TPSA) is 12.0 Å². The number of aryl methyl sites for hydroxylation is 1. The van der Waals surface area contributed by atoms with Gasteiger partial charge in [-0.2, -0.15) is 0 Å². The zero-order valence-electron chi connectivity index (χ0n) is 10.4. The highest BCUT2D eigenvalue weighted by Gasteiger charge is 2.11. The lowest BCUT2D eigenvalue weighted by Crippen LogP contribution is -2.08.